The van der Waals surface area contributed by atoms with Gasteiger partial charge in [-0.3, -0.25) is 9.89 Å². The molecular formula is C19H26FN3O2S. The first-order valence-corrected chi connectivity index (χ1v) is 9.95. The van der Waals surface area contributed by atoms with Crippen molar-refractivity contribution < 1.29 is 13.9 Å². The zero-order valence-corrected chi connectivity index (χ0v) is 16.4. The molecule has 142 valence electrons. The molecule has 2 aliphatic rings. The van der Waals surface area contributed by atoms with Crippen LogP contribution in [0.15, 0.2) is 29.3 Å². The van der Waals surface area contributed by atoms with Gasteiger partial charge in [0.25, 0.3) is 0 Å². The molecule has 26 heavy (non-hydrogen) atoms. The first-order valence-electron chi connectivity index (χ1n) is 8.97. The third-order valence-electron chi connectivity index (χ3n) is 4.30. The van der Waals surface area contributed by atoms with Crippen molar-refractivity contribution in [3.63, 3.8) is 0 Å². The summed E-state index contributed by atoms with van der Waals surface area (Å²) in [4.78, 5) is 21.0. The molecule has 0 radical (unpaired) electrons. The second kappa shape index (κ2) is 7.96. The highest BCUT2D eigenvalue weighted by molar-refractivity contribution is 8.14. The highest BCUT2D eigenvalue weighted by Gasteiger charge is 2.28. The molecule has 1 fully saturated rings. The number of rotatable bonds is 3. The van der Waals surface area contributed by atoms with Crippen molar-refractivity contribution in [1.29, 1.82) is 0 Å². The lowest BCUT2D eigenvalue weighted by atomic mass is 10.2. The molecule has 2 aliphatic heterocycles. The normalized spacial score (nSPS) is 21.6. The van der Waals surface area contributed by atoms with Gasteiger partial charge in [0.15, 0.2) is 0 Å². The molecule has 0 aromatic heterocycles. The van der Waals surface area contributed by atoms with Gasteiger partial charge in [0.2, 0.25) is 0 Å². The van der Waals surface area contributed by atoms with Crippen molar-refractivity contribution >= 4 is 22.9 Å². The number of amides is 1. The topological polar surface area (TPSA) is 45.1 Å². The first kappa shape index (κ1) is 19.2. The van der Waals surface area contributed by atoms with Crippen molar-refractivity contribution in [2.75, 3.05) is 38.5 Å². The Hall–Kier alpha value is -1.60. The maximum absolute atomic E-state index is 13.0. The van der Waals surface area contributed by atoms with Crippen molar-refractivity contribution in [2.24, 2.45) is 4.99 Å². The summed E-state index contributed by atoms with van der Waals surface area (Å²) in [6.07, 6.45) is -0.231. The monoisotopic (exact) mass is 379 g/mol. The molecule has 0 saturated carbocycles. The lowest BCUT2D eigenvalue weighted by Gasteiger charge is -2.36. The number of ether oxygens (including phenoxy) is 1. The predicted octanol–water partition coefficient (Wildman–Crippen LogP) is 3.24. The third-order valence-corrected chi connectivity index (χ3v) is 5.46. The van der Waals surface area contributed by atoms with E-state index in [0.29, 0.717) is 13.1 Å². The van der Waals surface area contributed by atoms with E-state index >= 15 is 0 Å². The summed E-state index contributed by atoms with van der Waals surface area (Å²) in [6, 6.07) is 6.75. The molecule has 1 amide bonds. The van der Waals surface area contributed by atoms with Gasteiger partial charge in [-0.2, -0.15) is 0 Å². The Morgan fingerprint density at radius 1 is 1.23 bits per heavy atom. The molecule has 5 nitrogen and oxygen atoms in total. The van der Waals surface area contributed by atoms with Crippen LogP contribution in [0, 0.1) is 5.82 Å². The Balaban J connectivity index is 1.48. The van der Waals surface area contributed by atoms with Crippen molar-refractivity contribution in [3.05, 3.63) is 35.6 Å². The Morgan fingerprint density at radius 2 is 1.88 bits per heavy atom. The molecule has 1 atom stereocenters. The largest absolute Gasteiger partial charge is 0.444 e. The average molecular weight is 380 g/mol. The van der Waals surface area contributed by atoms with E-state index < -0.39 is 5.60 Å². The van der Waals surface area contributed by atoms with E-state index in [4.69, 9.17) is 9.73 Å². The van der Waals surface area contributed by atoms with Crippen LogP contribution in [0.1, 0.15) is 26.3 Å². The summed E-state index contributed by atoms with van der Waals surface area (Å²) in [7, 11) is 0. The fourth-order valence-electron chi connectivity index (χ4n) is 3.00. The minimum Gasteiger partial charge on any atom is -0.444 e. The lowest BCUT2D eigenvalue weighted by Crippen LogP contribution is -2.51. The summed E-state index contributed by atoms with van der Waals surface area (Å²) in [5.41, 5.74) is 0.523. The molecule has 1 unspecified atom stereocenters. The van der Waals surface area contributed by atoms with Crippen LogP contribution in [0.25, 0.3) is 0 Å². The Kier molecular flexibility index (Phi) is 5.87. The maximum Gasteiger partial charge on any atom is 0.410 e. The molecular weight excluding hydrogens is 353 g/mol. The quantitative estimate of drug-likeness (QED) is 0.809. The van der Waals surface area contributed by atoms with Gasteiger partial charge >= 0.3 is 6.09 Å². The standard InChI is InChI=1S/C19H26FN3O2S/c1-19(2,3)25-18(24)23-10-8-22(9-11-23)12-16-13-26-17(21-16)14-4-6-15(20)7-5-14/h4-7,16H,8-13H2,1-3H3. The van der Waals surface area contributed by atoms with E-state index in [-0.39, 0.29) is 18.0 Å². The Bertz CT molecular complexity index is 664. The zero-order chi connectivity index (χ0) is 18.7. The van der Waals surface area contributed by atoms with Gasteiger partial charge in [-0.15, -0.1) is 11.8 Å². The van der Waals surface area contributed by atoms with Gasteiger partial charge in [0, 0.05) is 44.0 Å². The highest BCUT2D eigenvalue weighted by atomic mass is 32.2. The van der Waals surface area contributed by atoms with E-state index in [2.05, 4.69) is 4.90 Å². The van der Waals surface area contributed by atoms with Gasteiger partial charge < -0.3 is 9.64 Å². The molecule has 0 N–H and O–H groups in total. The fourth-order valence-corrected chi connectivity index (χ4v) is 4.05. The molecule has 0 spiro atoms. The van der Waals surface area contributed by atoms with Crippen LogP contribution in [-0.4, -0.2) is 71.1 Å². The first-order chi connectivity index (χ1) is 12.3. The zero-order valence-electron chi connectivity index (χ0n) is 15.6. The summed E-state index contributed by atoms with van der Waals surface area (Å²) >= 11 is 1.73. The molecule has 0 aliphatic carbocycles. The number of aliphatic imine (C=N–C) groups is 1. The third kappa shape index (κ3) is 5.20. The van der Waals surface area contributed by atoms with Crippen molar-refractivity contribution in [1.82, 2.24) is 9.80 Å². The summed E-state index contributed by atoms with van der Waals surface area (Å²) < 4.78 is 18.5. The van der Waals surface area contributed by atoms with Crippen LogP contribution in [0.3, 0.4) is 0 Å². The SMILES string of the molecule is CC(C)(C)OC(=O)N1CCN(CC2CSC(c3ccc(F)cc3)=N2)CC1. The van der Waals surface area contributed by atoms with E-state index in [9.17, 15) is 9.18 Å². The van der Waals surface area contributed by atoms with Crippen LogP contribution >= 0.6 is 11.8 Å². The Morgan fingerprint density at radius 3 is 2.50 bits per heavy atom. The van der Waals surface area contributed by atoms with Gasteiger partial charge in [0.05, 0.1) is 11.1 Å². The summed E-state index contributed by atoms with van der Waals surface area (Å²) in [6.45, 7) is 9.58. The number of hydrogen-bond donors (Lipinski definition) is 0. The minimum atomic E-state index is -0.458. The molecule has 7 heteroatoms. The summed E-state index contributed by atoms with van der Waals surface area (Å²) in [5.74, 6) is 0.718. The van der Waals surface area contributed by atoms with Gasteiger partial charge in [-0.25, -0.2) is 9.18 Å². The van der Waals surface area contributed by atoms with Crippen LogP contribution < -0.4 is 0 Å². The Labute approximate surface area is 158 Å². The highest BCUT2D eigenvalue weighted by Crippen LogP contribution is 2.24. The van der Waals surface area contributed by atoms with Gasteiger partial charge in [0.1, 0.15) is 11.4 Å². The molecule has 3 rings (SSSR count). The number of thioether (sulfide) groups is 1. The van der Waals surface area contributed by atoms with Crippen LogP contribution in [0.4, 0.5) is 9.18 Å². The van der Waals surface area contributed by atoms with Crippen LogP contribution in [-0.2, 0) is 4.74 Å². The number of piperazine rings is 1. The van der Waals surface area contributed by atoms with Gasteiger partial charge in [-0.1, -0.05) is 0 Å². The predicted molar refractivity (Wildman–Crippen MR) is 103 cm³/mol. The second-order valence-corrected chi connectivity index (χ2v) is 8.68. The number of carbonyl (C=O) groups is 1. The van der Waals surface area contributed by atoms with E-state index in [1.54, 1.807) is 28.8 Å². The van der Waals surface area contributed by atoms with Crippen LogP contribution in [0.2, 0.25) is 0 Å². The van der Waals surface area contributed by atoms with E-state index in [1.165, 1.54) is 12.1 Å². The lowest BCUT2D eigenvalue weighted by molar-refractivity contribution is 0.0143. The fraction of sp³-hybridized carbons (Fsp3) is 0.579. The molecule has 1 saturated heterocycles. The number of benzene rings is 1. The number of hydrogen-bond acceptors (Lipinski definition) is 5. The molecule has 1 aromatic rings. The maximum atomic E-state index is 13.0. The van der Waals surface area contributed by atoms with Gasteiger partial charge in [-0.05, 0) is 45.0 Å². The van der Waals surface area contributed by atoms with E-state index in [1.807, 2.05) is 20.8 Å². The molecule has 0 bridgehead atoms. The van der Waals surface area contributed by atoms with E-state index in [0.717, 1.165) is 36.0 Å². The second-order valence-electron chi connectivity index (χ2n) is 7.67. The minimum absolute atomic E-state index is 0.225. The number of nitrogens with zero attached hydrogens (tertiary/aromatic N) is 3. The number of halogens is 1. The molecule has 1 aromatic carbocycles. The van der Waals surface area contributed by atoms with Crippen molar-refractivity contribution in [2.45, 2.75) is 32.4 Å². The van der Waals surface area contributed by atoms with Crippen LogP contribution in [0.5, 0.6) is 0 Å². The number of carbonyl (C=O) groups excluding carboxylic acids is 1. The van der Waals surface area contributed by atoms with Crippen molar-refractivity contribution in [3.8, 4) is 0 Å². The molecule has 2 heterocycles. The smallest absolute Gasteiger partial charge is 0.410 e. The summed E-state index contributed by atoms with van der Waals surface area (Å²) in [5, 5.41) is 0.988. The average Bonchev–Trinajstić information content (AvgIpc) is 3.03.